The van der Waals surface area contributed by atoms with E-state index in [1.54, 1.807) is 4.57 Å². The molecule has 0 aliphatic heterocycles. The normalized spacial score (nSPS) is 10.8. The zero-order chi connectivity index (χ0) is 11.5. The smallest absolute Gasteiger partial charge is 0.259 e. The molecule has 0 amide bonds. The van der Waals surface area contributed by atoms with Gasteiger partial charge in [0.25, 0.3) is 5.56 Å². The van der Waals surface area contributed by atoms with Crippen LogP contribution in [0.15, 0.2) is 35.1 Å². The molecule has 1 aromatic carbocycles. The van der Waals surface area contributed by atoms with Crippen molar-refractivity contribution in [2.75, 3.05) is 5.73 Å². The molecule has 0 aliphatic rings. The summed E-state index contributed by atoms with van der Waals surface area (Å²) in [6.07, 6.45) is 2.03. The third-order valence-electron chi connectivity index (χ3n) is 2.79. The molecule has 2 N–H and O–H groups in total. The summed E-state index contributed by atoms with van der Waals surface area (Å²) in [4.78, 5) is 12.1. The van der Waals surface area contributed by atoms with E-state index in [1.165, 1.54) is 0 Å². The highest BCUT2D eigenvalue weighted by Gasteiger charge is 2.05. The molecule has 1 aromatic heterocycles. The number of anilines is 1. The molecule has 0 unspecified atom stereocenters. The second kappa shape index (κ2) is 4.39. The molecular weight excluding hydrogens is 200 g/mol. The highest BCUT2D eigenvalue weighted by molar-refractivity contribution is 5.83. The Morgan fingerprint density at radius 2 is 2.06 bits per heavy atom. The number of rotatable bonds is 3. The lowest BCUT2D eigenvalue weighted by atomic mass is 10.1. The fraction of sp³-hybridized carbons (Fsp3) is 0.308. The SMILES string of the molecule is CCCCn1c(N)cc2ccccc2c1=O. The Morgan fingerprint density at radius 3 is 2.81 bits per heavy atom. The Bertz CT molecular complexity index is 557. The average molecular weight is 216 g/mol. The van der Waals surface area contributed by atoms with Crippen LogP contribution in [0.2, 0.25) is 0 Å². The number of fused-ring (bicyclic) bond motifs is 1. The first-order valence-electron chi connectivity index (χ1n) is 5.62. The minimum atomic E-state index is 0.0176. The molecular formula is C13H16N2O. The lowest BCUT2D eigenvalue weighted by Crippen LogP contribution is -2.23. The maximum atomic E-state index is 12.1. The number of aromatic nitrogens is 1. The van der Waals surface area contributed by atoms with E-state index in [0.29, 0.717) is 12.4 Å². The molecule has 2 rings (SSSR count). The summed E-state index contributed by atoms with van der Waals surface area (Å²) in [7, 11) is 0. The van der Waals surface area contributed by atoms with Crippen molar-refractivity contribution in [3.8, 4) is 0 Å². The van der Waals surface area contributed by atoms with E-state index in [1.807, 2.05) is 30.3 Å². The second-order valence-corrected chi connectivity index (χ2v) is 3.97. The van der Waals surface area contributed by atoms with Crippen LogP contribution in [0.3, 0.4) is 0 Å². The molecule has 0 bridgehead atoms. The largest absolute Gasteiger partial charge is 0.385 e. The number of hydrogen-bond donors (Lipinski definition) is 1. The van der Waals surface area contributed by atoms with Gasteiger partial charge in [0.2, 0.25) is 0 Å². The van der Waals surface area contributed by atoms with Crippen LogP contribution < -0.4 is 11.3 Å². The molecule has 0 spiro atoms. The summed E-state index contributed by atoms with van der Waals surface area (Å²) in [5, 5.41) is 1.66. The lowest BCUT2D eigenvalue weighted by molar-refractivity contribution is 0.624. The zero-order valence-corrected chi connectivity index (χ0v) is 9.44. The summed E-state index contributed by atoms with van der Waals surface area (Å²) < 4.78 is 1.66. The molecule has 2 aromatic rings. The summed E-state index contributed by atoms with van der Waals surface area (Å²) in [5.41, 5.74) is 5.91. The van der Waals surface area contributed by atoms with Crippen LogP contribution in [0.1, 0.15) is 19.8 Å². The third kappa shape index (κ3) is 1.81. The van der Waals surface area contributed by atoms with Crippen molar-refractivity contribution in [1.82, 2.24) is 4.57 Å². The Labute approximate surface area is 94.5 Å². The Morgan fingerprint density at radius 1 is 1.31 bits per heavy atom. The van der Waals surface area contributed by atoms with Crippen molar-refractivity contribution in [3.63, 3.8) is 0 Å². The number of unbranched alkanes of at least 4 members (excludes halogenated alkanes) is 1. The van der Waals surface area contributed by atoms with E-state index < -0.39 is 0 Å². The van der Waals surface area contributed by atoms with Crippen LogP contribution in [0, 0.1) is 0 Å². The van der Waals surface area contributed by atoms with Crippen LogP contribution in [0.25, 0.3) is 10.8 Å². The van der Waals surface area contributed by atoms with Crippen molar-refractivity contribution >= 4 is 16.6 Å². The molecule has 0 saturated carbocycles. The van der Waals surface area contributed by atoms with Crippen LogP contribution in [-0.4, -0.2) is 4.57 Å². The summed E-state index contributed by atoms with van der Waals surface area (Å²) in [6, 6.07) is 9.42. The van der Waals surface area contributed by atoms with Gasteiger partial charge < -0.3 is 5.73 Å². The average Bonchev–Trinajstić information content (AvgIpc) is 2.29. The van der Waals surface area contributed by atoms with E-state index >= 15 is 0 Å². The quantitative estimate of drug-likeness (QED) is 0.856. The zero-order valence-electron chi connectivity index (χ0n) is 9.44. The van der Waals surface area contributed by atoms with E-state index in [9.17, 15) is 4.79 Å². The fourth-order valence-corrected chi connectivity index (χ4v) is 1.86. The number of nitrogens with zero attached hydrogens (tertiary/aromatic N) is 1. The van der Waals surface area contributed by atoms with Crippen molar-refractivity contribution < 1.29 is 0 Å². The maximum Gasteiger partial charge on any atom is 0.259 e. The highest BCUT2D eigenvalue weighted by atomic mass is 16.1. The van der Waals surface area contributed by atoms with E-state index in [0.717, 1.165) is 23.6 Å². The third-order valence-corrected chi connectivity index (χ3v) is 2.79. The molecule has 0 saturated heterocycles. The number of hydrogen-bond acceptors (Lipinski definition) is 2. The van der Waals surface area contributed by atoms with E-state index in [4.69, 9.17) is 5.73 Å². The van der Waals surface area contributed by atoms with E-state index in [2.05, 4.69) is 6.92 Å². The standard InChI is InChI=1S/C13H16N2O/c1-2-3-8-15-12(14)9-10-6-4-5-7-11(10)13(15)16/h4-7,9H,2-3,8,14H2,1H3. The maximum absolute atomic E-state index is 12.1. The second-order valence-electron chi connectivity index (χ2n) is 3.97. The molecule has 0 fully saturated rings. The fourth-order valence-electron chi connectivity index (χ4n) is 1.86. The van der Waals surface area contributed by atoms with Gasteiger partial charge in [0, 0.05) is 11.9 Å². The topological polar surface area (TPSA) is 48.0 Å². The molecule has 3 heteroatoms. The van der Waals surface area contributed by atoms with Gasteiger partial charge in [-0.25, -0.2) is 0 Å². The van der Waals surface area contributed by atoms with Gasteiger partial charge in [-0.2, -0.15) is 0 Å². The van der Waals surface area contributed by atoms with Crippen LogP contribution in [0.5, 0.6) is 0 Å². The van der Waals surface area contributed by atoms with Crippen LogP contribution >= 0.6 is 0 Å². The van der Waals surface area contributed by atoms with Crippen LogP contribution in [0.4, 0.5) is 5.82 Å². The molecule has 3 nitrogen and oxygen atoms in total. The predicted octanol–water partition coefficient (Wildman–Crippen LogP) is 2.38. The minimum Gasteiger partial charge on any atom is -0.385 e. The Hall–Kier alpha value is -1.77. The summed E-state index contributed by atoms with van der Waals surface area (Å²) >= 11 is 0. The van der Waals surface area contributed by atoms with Crippen molar-refractivity contribution in [2.45, 2.75) is 26.3 Å². The number of nitrogens with two attached hydrogens (primary N) is 1. The molecule has 0 aliphatic carbocycles. The van der Waals surface area contributed by atoms with Gasteiger partial charge >= 0.3 is 0 Å². The molecule has 1 heterocycles. The molecule has 0 radical (unpaired) electrons. The molecule has 84 valence electrons. The molecule has 0 atom stereocenters. The number of pyridine rings is 1. The van der Waals surface area contributed by atoms with Crippen molar-refractivity contribution in [2.24, 2.45) is 0 Å². The van der Waals surface area contributed by atoms with Gasteiger partial charge in [0.05, 0.1) is 0 Å². The molecule has 16 heavy (non-hydrogen) atoms. The predicted molar refractivity (Wildman–Crippen MR) is 67.5 cm³/mol. The minimum absolute atomic E-state index is 0.0176. The van der Waals surface area contributed by atoms with E-state index in [-0.39, 0.29) is 5.56 Å². The van der Waals surface area contributed by atoms with Gasteiger partial charge in [-0.1, -0.05) is 31.5 Å². The van der Waals surface area contributed by atoms with Gasteiger partial charge in [0.1, 0.15) is 5.82 Å². The summed E-state index contributed by atoms with van der Waals surface area (Å²) in [6.45, 7) is 2.80. The number of nitrogen functional groups attached to an aromatic ring is 1. The van der Waals surface area contributed by atoms with Crippen molar-refractivity contribution in [1.29, 1.82) is 0 Å². The van der Waals surface area contributed by atoms with Crippen molar-refractivity contribution in [3.05, 3.63) is 40.7 Å². The summed E-state index contributed by atoms with van der Waals surface area (Å²) in [5.74, 6) is 0.553. The first kappa shape index (κ1) is 10.7. The van der Waals surface area contributed by atoms with Gasteiger partial charge in [0.15, 0.2) is 0 Å². The Balaban J connectivity index is 2.61. The monoisotopic (exact) mass is 216 g/mol. The van der Waals surface area contributed by atoms with Gasteiger partial charge in [-0.05, 0) is 23.9 Å². The lowest BCUT2D eigenvalue weighted by Gasteiger charge is -2.10. The Kier molecular flexibility index (Phi) is 2.95. The first-order chi connectivity index (χ1) is 7.74. The van der Waals surface area contributed by atoms with Crippen LogP contribution in [-0.2, 0) is 6.54 Å². The van der Waals surface area contributed by atoms with Gasteiger partial charge in [-0.3, -0.25) is 9.36 Å². The number of benzene rings is 1. The highest BCUT2D eigenvalue weighted by Crippen LogP contribution is 2.13. The first-order valence-corrected chi connectivity index (χ1v) is 5.62. The van der Waals surface area contributed by atoms with Gasteiger partial charge in [-0.15, -0.1) is 0 Å².